The van der Waals surface area contributed by atoms with E-state index in [0.717, 1.165) is 27.5 Å². The Morgan fingerprint density at radius 1 is 0.978 bits per heavy atom. The predicted octanol–water partition coefficient (Wildman–Crippen LogP) is 5.59. The number of hydrogen-bond donors (Lipinski definition) is 2. The SMILES string of the molecule is C=CCN(C(=O)NCc1ccc(Cl)c(Cl)c1)N1CC(=O)N2[C@@H](Cc3ccc(O)cc3)C(=O)N(Cc3cccc4ccccc34)C[C@@H]21. The maximum absolute atomic E-state index is 14.2. The van der Waals surface area contributed by atoms with Crippen LogP contribution in [0.15, 0.2) is 97.6 Å². The number of nitrogens with zero attached hydrogens (tertiary/aromatic N) is 4. The van der Waals surface area contributed by atoms with E-state index in [2.05, 4.69) is 11.9 Å². The third kappa shape index (κ3) is 6.39. The van der Waals surface area contributed by atoms with Gasteiger partial charge in [0.15, 0.2) is 0 Å². The molecule has 0 saturated carbocycles. The number of fused-ring (bicyclic) bond motifs is 2. The topological polar surface area (TPSA) is 96.4 Å². The number of rotatable bonds is 9. The molecule has 4 amide bonds. The van der Waals surface area contributed by atoms with Gasteiger partial charge in [0.1, 0.15) is 18.0 Å². The van der Waals surface area contributed by atoms with Gasteiger partial charge in [-0.2, -0.15) is 5.01 Å². The standard InChI is InChI=1S/C35H33Cl2N5O4/c1-2-16-40(35(46)38-19-24-12-15-29(36)30(37)17-24)41-22-33(44)42-31(18-23-10-13-27(43)14-11-23)34(45)39(21-32(41)42)20-26-8-5-7-25-6-3-4-9-28(25)26/h2-15,17,31-32,43H,1,16,18-22H2,(H,38,46)/t31-,32+/m0/s1. The Bertz CT molecular complexity index is 1790. The summed E-state index contributed by atoms with van der Waals surface area (Å²) < 4.78 is 0. The normalized spacial score (nSPS) is 18.1. The smallest absolute Gasteiger partial charge is 0.332 e. The first-order valence-electron chi connectivity index (χ1n) is 14.9. The predicted molar refractivity (Wildman–Crippen MR) is 178 cm³/mol. The van der Waals surface area contributed by atoms with Crippen molar-refractivity contribution in [3.05, 3.63) is 124 Å². The maximum Gasteiger partial charge on any atom is 0.332 e. The van der Waals surface area contributed by atoms with Gasteiger partial charge in [-0.1, -0.05) is 89.9 Å². The molecule has 2 heterocycles. The van der Waals surface area contributed by atoms with Gasteiger partial charge in [-0.25, -0.2) is 4.79 Å². The number of carbonyl (C=O) groups excluding carboxylic acids is 3. The number of hydrazine groups is 1. The number of benzene rings is 4. The van der Waals surface area contributed by atoms with E-state index in [1.165, 1.54) is 5.01 Å². The zero-order valence-electron chi connectivity index (χ0n) is 25.0. The third-order valence-corrected chi connectivity index (χ3v) is 9.19. The summed E-state index contributed by atoms with van der Waals surface area (Å²) in [6, 6.07) is 24.6. The Balaban J connectivity index is 1.31. The van der Waals surface area contributed by atoms with Gasteiger partial charge in [0.05, 0.1) is 29.7 Å². The van der Waals surface area contributed by atoms with Crippen molar-refractivity contribution in [1.82, 2.24) is 25.1 Å². The Kier molecular flexibility index (Phi) is 9.17. The minimum Gasteiger partial charge on any atom is -0.508 e. The van der Waals surface area contributed by atoms with Crippen LogP contribution in [0.2, 0.25) is 10.0 Å². The molecule has 9 nitrogen and oxygen atoms in total. The first-order chi connectivity index (χ1) is 22.2. The molecule has 4 aromatic rings. The third-order valence-electron chi connectivity index (χ3n) is 8.45. The zero-order valence-corrected chi connectivity index (χ0v) is 26.5. The summed E-state index contributed by atoms with van der Waals surface area (Å²) in [4.78, 5) is 44.9. The van der Waals surface area contributed by atoms with E-state index in [1.807, 2.05) is 42.5 Å². The van der Waals surface area contributed by atoms with Crippen LogP contribution in [0.1, 0.15) is 16.7 Å². The van der Waals surface area contributed by atoms with Gasteiger partial charge >= 0.3 is 6.03 Å². The van der Waals surface area contributed by atoms with Crippen molar-refractivity contribution < 1.29 is 19.5 Å². The molecule has 46 heavy (non-hydrogen) atoms. The van der Waals surface area contributed by atoms with Gasteiger partial charge in [0.25, 0.3) is 0 Å². The van der Waals surface area contributed by atoms with Gasteiger partial charge in [0.2, 0.25) is 11.8 Å². The number of amides is 4. The quantitative estimate of drug-likeness (QED) is 0.229. The van der Waals surface area contributed by atoms with Crippen molar-refractivity contribution in [3.63, 3.8) is 0 Å². The lowest BCUT2D eigenvalue weighted by molar-refractivity contribution is -0.157. The minimum atomic E-state index is -0.805. The van der Waals surface area contributed by atoms with Crippen LogP contribution in [0.4, 0.5) is 4.79 Å². The van der Waals surface area contributed by atoms with Crippen molar-refractivity contribution in [2.24, 2.45) is 0 Å². The van der Waals surface area contributed by atoms with Crippen LogP contribution in [0.3, 0.4) is 0 Å². The Morgan fingerprint density at radius 2 is 1.72 bits per heavy atom. The van der Waals surface area contributed by atoms with Crippen molar-refractivity contribution in [2.75, 3.05) is 19.6 Å². The van der Waals surface area contributed by atoms with E-state index < -0.39 is 18.2 Å². The van der Waals surface area contributed by atoms with E-state index in [9.17, 15) is 19.5 Å². The molecule has 2 saturated heterocycles. The van der Waals surface area contributed by atoms with Gasteiger partial charge in [-0.15, -0.1) is 6.58 Å². The monoisotopic (exact) mass is 657 g/mol. The molecule has 0 radical (unpaired) electrons. The summed E-state index contributed by atoms with van der Waals surface area (Å²) in [6.45, 7) is 4.63. The molecular formula is C35H33Cl2N5O4. The molecule has 2 N–H and O–H groups in total. The number of hydrogen-bond acceptors (Lipinski definition) is 5. The van der Waals surface area contributed by atoms with Crippen molar-refractivity contribution in [1.29, 1.82) is 0 Å². The fourth-order valence-electron chi connectivity index (χ4n) is 6.23. The van der Waals surface area contributed by atoms with Crippen LogP contribution < -0.4 is 5.32 Å². The summed E-state index contributed by atoms with van der Waals surface area (Å²) in [6.07, 6.45) is 1.26. The molecule has 2 fully saturated rings. The molecule has 6 rings (SSSR count). The van der Waals surface area contributed by atoms with Gasteiger partial charge < -0.3 is 20.2 Å². The summed E-state index contributed by atoms with van der Waals surface area (Å²) in [5.74, 6) is -0.311. The Labute approximate surface area is 277 Å². The molecule has 0 bridgehead atoms. The van der Waals surface area contributed by atoms with Crippen LogP contribution in [-0.2, 0) is 29.1 Å². The summed E-state index contributed by atoms with van der Waals surface area (Å²) >= 11 is 12.2. The van der Waals surface area contributed by atoms with E-state index in [4.69, 9.17) is 23.2 Å². The number of urea groups is 1. The lowest BCUT2D eigenvalue weighted by Gasteiger charge is -2.46. The highest BCUT2D eigenvalue weighted by atomic mass is 35.5. The van der Waals surface area contributed by atoms with Crippen molar-refractivity contribution >= 4 is 51.8 Å². The number of halogens is 2. The zero-order chi connectivity index (χ0) is 32.4. The summed E-state index contributed by atoms with van der Waals surface area (Å²) in [5.41, 5.74) is 2.55. The maximum atomic E-state index is 14.2. The largest absolute Gasteiger partial charge is 0.508 e. The van der Waals surface area contributed by atoms with Gasteiger partial charge in [0, 0.05) is 19.5 Å². The average Bonchev–Trinajstić information content (AvgIpc) is 3.38. The molecule has 236 valence electrons. The molecule has 11 heteroatoms. The highest BCUT2D eigenvalue weighted by Crippen LogP contribution is 2.31. The molecule has 0 unspecified atom stereocenters. The lowest BCUT2D eigenvalue weighted by Crippen LogP contribution is -2.66. The fourth-order valence-corrected chi connectivity index (χ4v) is 6.55. The van der Waals surface area contributed by atoms with Gasteiger partial charge in [-0.05, 0) is 51.7 Å². The molecule has 2 aliphatic heterocycles. The molecule has 0 aromatic heterocycles. The second kappa shape index (κ2) is 13.4. The lowest BCUT2D eigenvalue weighted by atomic mass is 9.99. The van der Waals surface area contributed by atoms with E-state index in [1.54, 1.807) is 63.3 Å². The average molecular weight is 659 g/mol. The molecule has 2 atom stereocenters. The molecule has 0 spiro atoms. The number of nitrogens with one attached hydrogen (secondary N) is 1. The van der Waals surface area contributed by atoms with Crippen molar-refractivity contribution in [2.45, 2.75) is 31.7 Å². The number of aromatic hydroxyl groups is 1. The van der Waals surface area contributed by atoms with E-state index >= 15 is 0 Å². The second-order valence-electron chi connectivity index (χ2n) is 11.4. The number of piperazine rings is 1. The number of phenols is 1. The van der Waals surface area contributed by atoms with Crippen LogP contribution >= 0.6 is 23.2 Å². The molecule has 2 aliphatic rings. The highest BCUT2D eigenvalue weighted by Gasteiger charge is 2.52. The minimum absolute atomic E-state index is 0.0832. The molecular weight excluding hydrogens is 625 g/mol. The van der Waals surface area contributed by atoms with Crippen LogP contribution in [0, 0.1) is 0 Å². The van der Waals surface area contributed by atoms with Crippen LogP contribution in [0.5, 0.6) is 5.75 Å². The van der Waals surface area contributed by atoms with Crippen LogP contribution in [0.25, 0.3) is 10.8 Å². The highest BCUT2D eigenvalue weighted by molar-refractivity contribution is 6.42. The first-order valence-corrected chi connectivity index (χ1v) is 15.7. The number of phenolic OH excluding ortho intramolecular Hbond substituents is 1. The summed E-state index contributed by atoms with van der Waals surface area (Å²) in [7, 11) is 0. The molecule has 0 aliphatic carbocycles. The fraction of sp³-hybridized carbons (Fsp3) is 0.229. The van der Waals surface area contributed by atoms with Gasteiger partial charge in [-0.3, -0.25) is 14.6 Å². The summed E-state index contributed by atoms with van der Waals surface area (Å²) in [5, 5.41) is 18.9. The first kappa shape index (κ1) is 31.4. The van der Waals surface area contributed by atoms with Crippen LogP contribution in [-0.4, -0.2) is 74.6 Å². The Morgan fingerprint density at radius 3 is 2.48 bits per heavy atom. The van der Waals surface area contributed by atoms with E-state index in [-0.39, 0.29) is 50.2 Å². The Hall–Kier alpha value is -4.57. The number of carbonyl (C=O) groups is 3. The van der Waals surface area contributed by atoms with Crippen molar-refractivity contribution in [3.8, 4) is 5.75 Å². The van der Waals surface area contributed by atoms with E-state index in [0.29, 0.717) is 16.6 Å². The molecule has 4 aromatic carbocycles. The second-order valence-corrected chi connectivity index (χ2v) is 12.2.